The SMILES string of the molecule is CCC(CC(C)O)[n+]1ccc(C=Cc2ccco2)cc1. The average molecular weight is 272 g/mol. The van der Waals surface area contributed by atoms with Gasteiger partial charge >= 0.3 is 0 Å². The van der Waals surface area contributed by atoms with Crippen LogP contribution in [0.25, 0.3) is 12.2 Å². The number of hydrogen-bond donors (Lipinski definition) is 1. The van der Waals surface area contributed by atoms with Crippen molar-refractivity contribution in [3.8, 4) is 0 Å². The van der Waals surface area contributed by atoms with Crippen molar-refractivity contribution >= 4 is 12.2 Å². The van der Waals surface area contributed by atoms with Crippen molar-refractivity contribution in [1.82, 2.24) is 0 Å². The lowest BCUT2D eigenvalue weighted by Gasteiger charge is -2.12. The lowest BCUT2D eigenvalue weighted by Crippen LogP contribution is -2.39. The highest BCUT2D eigenvalue weighted by molar-refractivity contribution is 5.66. The lowest BCUT2D eigenvalue weighted by atomic mass is 10.1. The normalized spacial score (nSPS) is 14.6. The first kappa shape index (κ1) is 14.5. The average Bonchev–Trinajstić information content (AvgIpc) is 2.96. The first-order valence-electron chi connectivity index (χ1n) is 7.09. The molecule has 2 rings (SSSR count). The molecule has 0 bridgehead atoms. The quantitative estimate of drug-likeness (QED) is 0.818. The van der Waals surface area contributed by atoms with Crippen LogP contribution in [-0.4, -0.2) is 11.2 Å². The number of nitrogens with zero attached hydrogens (tertiary/aromatic N) is 1. The monoisotopic (exact) mass is 272 g/mol. The van der Waals surface area contributed by atoms with Gasteiger partial charge in [-0.3, -0.25) is 0 Å². The number of hydrogen-bond acceptors (Lipinski definition) is 2. The molecule has 0 fully saturated rings. The van der Waals surface area contributed by atoms with Gasteiger partial charge in [0.05, 0.1) is 12.4 Å². The maximum atomic E-state index is 9.52. The molecule has 1 N–H and O–H groups in total. The zero-order chi connectivity index (χ0) is 14.4. The van der Waals surface area contributed by atoms with E-state index in [2.05, 4.69) is 36.0 Å². The lowest BCUT2D eigenvalue weighted by molar-refractivity contribution is -0.724. The molecule has 0 spiro atoms. The van der Waals surface area contributed by atoms with Gasteiger partial charge < -0.3 is 9.52 Å². The molecule has 3 heteroatoms. The summed E-state index contributed by atoms with van der Waals surface area (Å²) < 4.78 is 7.42. The molecule has 2 heterocycles. The van der Waals surface area contributed by atoms with E-state index in [1.165, 1.54) is 0 Å². The molecular weight excluding hydrogens is 250 g/mol. The maximum Gasteiger partial charge on any atom is 0.169 e. The Morgan fingerprint density at radius 2 is 2.00 bits per heavy atom. The Morgan fingerprint density at radius 1 is 1.25 bits per heavy atom. The van der Waals surface area contributed by atoms with Crippen LogP contribution >= 0.6 is 0 Å². The molecular formula is C17H22NO2+. The van der Waals surface area contributed by atoms with E-state index in [0.717, 1.165) is 24.2 Å². The van der Waals surface area contributed by atoms with Crippen LogP contribution in [0.1, 0.15) is 44.1 Å². The van der Waals surface area contributed by atoms with Crippen molar-refractivity contribution in [2.45, 2.75) is 38.8 Å². The van der Waals surface area contributed by atoms with E-state index >= 15 is 0 Å². The molecule has 0 aromatic carbocycles. The highest BCUT2D eigenvalue weighted by Crippen LogP contribution is 2.12. The standard InChI is InChI=1S/C17H22NO2/c1-3-16(13-14(2)19)18-10-8-15(9-11-18)6-7-17-5-4-12-20-17/h4-12,14,16,19H,3,13H2,1-2H3/q+1. The Bertz CT molecular complexity index is 527. The Morgan fingerprint density at radius 3 is 2.55 bits per heavy atom. The van der Waals surface area contributed by atoms with Crippen LogP contribution in [-0.2, 0) is 0 Å². The van der Waals surface area contributed by atoms with Gasteiger partial charge in [-0.15, -0.1) is 0 Å². The Balaban J connectivity index is 2.05. The van der Waals surface area contributed by atoms with Crippen LogP contribution < -0.4 is 4.57 Å². The number of aromatic nitrogens is 1. The fraction of sp³-hybridized carbons (Fsp3) is 0.353. The number of furan rings is 1. The molecule has 0 saturated carbocycles. The molecule has 0 aliphatic rings. The number of aliphatic hydroxyl groups excluding tert-OH is 1. The Hall–Kier alpha value is -1.87. The molecule has 0 aliphatic carbocycles. The molecule has 20 heavy (non-hydrogen) atoms. The van der Waals surface area contributed by atoms with Gasteiger partial charge in [0.15, 0.2) is 18.4 Å². The summed E-state index contributed by atoms with van der Waals surface area (Å²) in [6, 6.07) is 8.29. The van der Waals surface area contributed by atoms with Crippen molar-refractivity contribution in [3.05, 3.63) is 54.2 Å². The fourth-order valence-corrected chi connectivity index (χ4v) is 2.26. The fourth-order valence-electron chi connectivity index (χ4n) is 2.26. The van der Waals surface area contributed by atoms with E-state index in [4.69, 9.17) is 4.42 Å². The number of pyridine rings is 1. The Labute approximate surface area is 120 Å². The highest BCUT2D eigenvalue weighted by Gasteiger charge is 2.17. The van der Waals surface area contributed by atoms with Crippen molar-refractivity contribution < 1.29 is 14.1 Å². The minimum Gasteiger partial charge on any atom is -0.465 e. The van der Waals surface area contributed by atoms with Crippen molar-refractivity contribution in [1.29, 1.82) is 0 Å². The van der Waals surface area contributed by atoms with Crippen LogP contribution in [0.15, 0.2) is 47.3 Å². The molecule has 2 aromatic heterocycles. The van der Waals surface area contributed by atoms with Gasteiger partial charge in [0, 0.05) is 25.0 Å². The maximum absolute atomic E-state index is 9.52. The molecule has 2 unspecified atom stereocenters. The highest BCUT2D eigenvalue weighted by atomic mass is 16.3. The van der Waals surface area contributed by atoms with E-state index in [0.29, 0.717) is 6.04 Å². The molecule has 2 aromatic rings. The van der Waals surface area contributed by atoms with Crippen molar-refractivity contribution in [2.24, 2.45) is 0 Å². The summed E-state index contributed by atoms with van der Waals surface area (Å²) in [4.78, 5) is 0. The zero-order valence-electron chi connectivity index (χ0n) is 12.1. The molecule has 0 radical (unpaired) electrons. The van der Waals surface area contributed by atoms with Gasteiger partial charge in [0.2, 0.25) is 0 Å². The smallest absolute Gasteiger partial charge is 0.169 e. The van der Waals surface area contributed by atoms with E-state index < -0.39 is 0 Å². The topological polar surface area (TPSA) is 37.2 Å². The van der Waals surface area contributed by atoms with Crippen LogP contribution in [0.3, 0.4) is 0 Å². The van der Waals surface area contributed by atoms with Crippen LogP contribution in [0.2, 0.25) is 0 Å². The minimum atomic E-state index is -0.272. The summed E-state index contributed by atoms with van der Waals surface area (Å²) >= 11 is 0. The summed E-state index contributed by atoms with van der Waals surface area (Å²) in [5, 5.41) is 9.52. The summed E-state index contributed by atoms with van der Waals surface area (Å²) in [6.45, 7) is 3.98. The Kier molecular flexibility index (Phi) is 5.13. The third kappa shape index (κ3) is 4.07. The molecule has 2 atom stereocenters. The third-order valence-electron chi connectivity index (χ3n) is 3.37. The number of aliphatic hydroxyl groups is 1. The van der Waals surface area contributed by atoms with E-state index in [1.54, 1.807) is 6.26 Å². The van der Waals surface area contributed by atoms with Crippen LogP contribution in [0.5, 0.6) is 0 Å². The van der Waals surface area contributed by atoms with Gasteiger partial charge in [-0.25, -0.2) is 4.57 Å². The summed E-state index contributed by atoms with van der Waals surface area (Å²) in [7, 11) is 0. The van der Waals surface area contributed by atoms with Crippen LogP contribution in [0.4, 0.5) is 0 Å². The van der Waals surface area contributed by atoms with E-state index in [9.17, 15) is 5.11 Å². The largest absolute Gasteiger partial charge is 0.465 e. The molecule has 0 aliphatic heterocycles. The van der Waals surface area contributed by atoms with Gasteiger partial charge in [-0.2, -0.15) is 0 Å². The summed E-state index contributed by atoms with van der Waals surface area (Å²) in [6.07, 6.45) is 11.3. The van der Waals surface area contributed by atoms with Crippen molar-refractivity contribution in [2.75, 3.05) is 0 Å². The first-order valence-corrected chi connectivity index (χ1v) is 7.09. The molecule has 0 saturated heterocycles. The molecule has 0 amide bonds. The molecule has 3 nitrogen and oxygen atoms in total. The molecule has 106 valence electrons. The third-order valence-corrected chi connectivity index (χ3v) is 3.37. The van der Waals surface area contributed by atoms with E-state index in [1.807, 2.05) is 31.2 Å². The second-order valence-corrected chi connectivity index (χ2v) is 5.07. The van der Waals surface area contributed by atoms with E-state index in [-0.39, 0.29) is 6.10 Å². The summed E-state index contributed by atoms with van der Waals surface area (Å²) in [5.41, 5.74) is 1.13. The second-order valence-electron chi connectivity index (χ2n) is 5.07. The van der Waals surface area contributed by atoms with Crippen LogP contribution in [0, 0.1) is 0 Å². The first-order chi connectivity index (χ1) is 9.69. The van der Waals surface area contributed by atoms with Gasteiger partial charge in [0.25, 0.3) is 0 Å². The zero-order valence-corrected chi connectivity index (χ0v) is 12.1. The van der Waals surface area contributed by atoms with Gasteiger partial charge in [0.1, 0.15) is 5.76 Å². The second kappa shape index (κ2) is 7.06. The van der Waals surface area contributed by atoms with Gasteiger partial charge in [-0.1, -0.05) is 13.0 Å². The predicted molar refractivity (Wildman–Crippen MR) is 79.9 cm³/mol. The van der Waals surface area contributed by atoms with Gasteiger partial charge in [-0.05, 0) is 30.7 Å². The number of rotatable bonds is 6. The minimum absolute atomic E-state index is 0.272. The van der Waals surface area contributed by atoms with Crippen molar-refractivity contribution in [3.63, 3.8) is 0 Å². The summed E-state index contributed by atoms with van der Waals surface area (Å²) in [5.74, 6) is 0.849. The predicted octanol–water partition coefficient (Wildman–Crippen LogP) is 3.46.